The van der Waals surface area contributed by atoms with Crippen LogP contribution in [0, 0.1) is 5.41 Å². The molecule has 0 saturated carbocycles. The van der Waals surface area contributed by atoms with Gasteiger partial charge < -0.3 is 4.57 Å². The molecule has 4 nitrogen and oxygen atoms in total. The monoisotopic (exact) mass is 314 g/mol. The molecule has 0 atom stereocenters. The number of pyridine rings is 1. The molecule has 0 bridgehead atoms. The maximum Gasteiger partial charge on any atom is 0.154 e. The van der Waals surface area contributed by atoms with E-state index >= 15 is 0 Å². The van der Waals surface area contributed by atoms with Crippen molar-refractivity contribution in [3.05, 3.63) is 66.2 Å². The minimum atomic E-state index is 0.158. The van der Waals surface area contributed by atoms with E-state index in [1.807, 2.05) is 53.1 Å². The number of rotatable bonds is 2. The lowest BCUT2D eigenvalue weighted by Crippen LogP contribution is -2.25. The lowest BCUT2D eigenvalue weighted by atomic mass is 10.1. The molecule has 2 aromatic heterocycles. The van der Waals surface area contributed by atoms with Gasteiger partial charge in [0, 0.05) is 6.04 Å². The Hall–Kier alpha value is -3.01. The first-order valence-electron chi connectivity index (χ1n) is 8.07. The van der Waals surface area contributed by atoms with Gasteiger partial charge in [0.05, 0.1) is 22.2 Å². The molecule has 0 saturated heterocycles. The maximum atomic E-state index is 8.70. The zero-order chi connectivity index (χ0) is 16.7. The van der Waals surface area contributed by atoms with Gasteiger partial charge in [0.2, 0.25) is 0 Å². The minimum Gasteiger partial charge on any atom is -0.322 e. The summed E-state index contributed by atoms with van der Waals surface area (Å²) >= 11 is 0. The van der Waals surface area contributed by atoms with Crippen molar-refractivity contribution in [2.75, 3.05) is 0 Å². The summed E-state index contributed by atoms with van der Waals surface area (Å²) < 4.78 is 2.02. The van der Waals surface area contributed by atoms with Gasteiger partial charge in [-0.05, 0) is 37.6 Å². The fourth-order valence-corrected chi connectivity index (χ4v) is 3.09. The molecular weight excluding hydrogens is 296 g/mol. The predicted molar refractivity (Wildman–Crippen MR) is 96.7 cm³/mol. The summed E-state index contributed by atoms with van der Waals surface area (Å²) in [5.41, 5.74) is 5.55. The number of hydrogen-bond acceptors (Lipinski definition) is 3. The summed E-state index contributed by atoms with van der Waals surface area (Å²) in [5, 5.41) is 8.70. The Morgan fingerprint density at radius 1 is 0.833 bits per heavy atom. The van der Waals surface area contributed by atoms with Gasteiger partial charge in [0.25, 0.3) is 0 Å². The van der Waals surface area contributed by atoms with Gasteiger partial charge in [-0.2, -0.15) is 0 Å². The topological polar surface area (TPSA) is 54.6 Å². The van der Waals surface area contributed by atoms with Crippen molar-refractivity contribution < 1.29 is 0 Å². The van der Waals surface area contributed by atoms with Crippen LogP contribution in [0.2, 0.25) is 0 Å². The first-order valence-corrected chi connectivity index (χ1v) is 8.07. The summed E-state index contributed by atoms with van der Waals surface area (Å²) in [6.45, 7) is 4.18. The zero-order valence-electron chi connectivity index (χ0n) is 13.7. The van der Waals surface area contributed by atoms with Crippen LogP contribution in [-0.4, -0.2) is 14.5 Å². The van der Waals surface area contributed by atoms with E-state index in [1.54, 1.807) is 0 Å². The Labute approximate surface area is 140 Å². The van der Waals surface area contributed by atoms with Crippen molar-refractivity contribution >= 4 is 22.1 Å². The number of benzene rings is 2. The van der Waals surface area contributed by atoms with E-state index in [0.29, 0.717) is 11.0 Å². The standard InChI is InChI=1S/C20H18N4/c1-13(2)24-18(14-8-4-3-5-9-14)12-17-19(20(24)21)23-16-11-7-6-10-15(16)22-17/h3-13,21H,1-2H3. The van der Waals surface area contributed by atoms with E-state index < -0.39 is 0 Å². The van der Waals surface area contributed by atoms with Crippen LogP contribution in [0.25, 0.3) is 33.3 Å². The van der Waals surface area contributed by atoms with Gasteiger partial charge in [0.1, 0.15) is 5.52 Å². The fourth-order valence-electron chi connectivity index (χ4n) is 3.09. The van der Waals surface area contributed by atoms with E-state index in [-0.39, 0.29) is 6.04 Å². The van der Waals surface area contributed by atoms with Crippen molar-refractivity contribution in [2.45, 2.75) is 19.9 Å². The van der Waals surface area contributed by atoms with Crippen LogP contribution in [0.5, 0.6) is 0 Å². The van der Waals surface area contributed by atoms with Crippen molar-refractivity contribution in [3.63, 3.8) is 0 Å². The first kappa shape index (κ1) is 14.6. The van der Waals surface area contributed by atoms with Crippen LogP contribution in [0.15, 0.2) is 60.7 Å². The second-order valence-corrected chi connectivity index (χ2v) is 6.15. The largest absolute Gasteiger partial charge is 0.322 e. The lowest BCUT2D eigenvalue weighted by molar-refractivity contribution is 0.576. The van der Waals surface area contributed by atoms with Crippen LogP contribution < -0.4 is 5.49 Å². The third-order valence-corrected chi connectivity index (χ3v) is 4.18. The van der Waals surface area contributed by atoms with Gasteiger partial charge in [-0.15, -0.1) is 0 Å². The zero-order valence-corrected chi connectivity index (χ0v) is 13.7. The highest BCUT2D eigenvalue weighted by molar-refractivity contribution is 5.87. The summed E-state index contributed by atoms with van der Waals surface area (Å²) in [5.74, 6) is 0. The summed E-state index contributed by atoms with van der Waals surface area (Å²) in [6, 6.07) is 20.2. The van der Waals surface area contributed by atoms with Crippen molar-refractivity contribution in [3.8, 4) is 11.3 Å². The molecule has 2 heterocycles. The van der Waals surface area contributed by atoms with Gasteiger partial charge in [-0.3, -0.25) is 5.41 Å². The molecule has 0 aliphatic rings. The molecule has 0 radical (unpaired) electrons. The summed E-state index contributed by atoms with van der Waals surface area (Å²) in [7, 11) is 0. The Bertz CT molecular complexity index is 1100. The number of aromatic nitrogens is 3. The quantitative estimate of drug-likeness (QED) is 0.560. The molecule has 4 aromatic rings. The SMILES string of the molecule is CC(C)n1c(-c2ccccc2)cc2nc3ccccc3nc2c1=N. The molecule has 0 amide bonds. The molecule has 1 N–H and O–H groups in total. The molecule has 0 unspecified atom stereocenters. The smallest absolute Gasteiger partial charge is 0.154 e. The Morgan fingerprint density at radius 3 is 2.12 bits per heavy atom. The number of nitrogens with zero attached hydrogens (tertiary/aromatic N) is 3. The van der Waals surface area contributed by atoms with Gasteiger partial charge in [-0.1, -0.05) is 42.5 Å². The molecule has 4 rings (SSSR count). The third-order valence-electron chi connectivity index (χ3n) is 4.18. The van der Waals surface area contributed by atoms with E-state index in [9.17, 15) is 0 Å². The van der Waals surface area contributed by atoms with E-state index in [2.05, 4.69) is 31.0 Å². The van der Waals surface area contributed by atoms with Gasteiger partial charge >= 0.3 is 0 Å². The van der Waals surface area contributed by atoms with Crippen molar-refractivity contribution in [1.82, 2.24) is 14.5 Å². The molecule has 2 aromatic carbocycles. The average Bonchev–Trinajstić information content (AvgIpc) is 2.60. The minimum absolute atomic E-state index is 0.158. The Kier molecular flexibility index (Phi) is 3.38. The van der Waals surface area contributed by atoms with Crippen LogP contribution in [0.3, 0.4) is 0 Å². The third kappa shape index (κ3) is 2.27. The van der Waals surface area contributed by atoms with E-state index in [0.717, 1.165) is 27.8 Å². The average molecular weight is 314 g/mol. The lowest BCUT2D eigenvalue weighted by Gasteiger charge is -2.19. The van der Waals surface area contributed by atoms with Crippen LogP contribution in [0.1, 0.15) is 19.9 Å². The van der Waals surface area contributed by atoms with Crippen LogP contribution >= 0.6 is 0 Å². The van der Waals surface area contributed by atoms with E-state index in [4.69, 9.17) is 10.4 Å². The van der Waals surface area contributed by atoms with Gasteiger partial charge in [0.15, 0.2) is 5.49 Å². The molecule has 0 spiro atoms. The van der Waals surface area contributed by atoms with Gasteiger partial charge in [-0.25, -0.2) is 9.97 Å². The maximum absolute atomic E-state index is 8.70. The Morgan fingerprint density at radius 2 is 1.46 bits per heavy atom. The second kappa shape index (κ2) is 5.57. The number of nitrogens with one attached hydrogen (secondary N) is 1. The molecule has 0 fully saturated rings. The highest BCUT2D eigenvalue weighted by Gasteiger charge is 2.13. The molecule has 24 heavy (non-hydrogen) atoms. The fraction of sp³-hybridized carbons (Fsp3) is 0.150. The van der Waals surface area contributed by atoms with Crippen molar-refractivity contribution in [2.24, 2.45) is 0 Å². The summed E-state index contributed by atoms with van der Waals surface area (Å²) in [6.07, 6.45) is 0. The molecule has 0 aliphatic carbocycles. The second-order valence-electron chi connectivity index (χ2n) is 6.15. The number of fused-ring (bicyclic) bond motifs is 2. The normalized spacial score (nSPS) is 11.5. The number of hydrogen-bond donors (Lipinski definition) is 1. The molecule has 0 aliphatic heterocycles. The number of para-hydroxylation sites is 2. The Balaban J connectivity index is 2.14. The van der Waals surface area contributed by atoms with Crippen molar-refractivity contribution in [1.29, 1.82) is 5.41 Å². The van der Waals surface area contributed by atoms with E-state index in [1.165, 1.54) is 0 Å². The molecular formula is C20H18N4. The highest BCUT2D eigenvalue weighted by Crippen LogP contribution is 2.24. The summed E-state index contributed by atoms with van der Waals surface area (Å²) in [4.78, 5) is 9.41. The molecule has 118 valence electrons. The van der Waals surface area contributed by atoms with Crippen LogP contribution in [-0.2, 0) is 0 Å². The highest BCUT2D eigenvalue weighted by atomic mass is 15.0. The predicted octanol–water partition coefficient (Wildman–Crippen LogP) is 4.31. The van der Waals surface area contributed by atoms with Crippen LogP contribution in [0.4, 0.5) is 0 Å². The first-order chi connectivity index (χ1) is 11.6. The molecule has 4 heteroatoms.